The second-order valence-corrected chi connectivity index (χ2v) is 13.0. The first-order valence-electron chi connectivity index (χ1n) is 13.2. The zero-order valence-electron chi connectivity index (χ0n) is 22.6. The quantitative estimate of drug-likeness (QED) is 0.174. The second-order valence-electron chi connectivity index (χ2n) is 9.11. The number of benzene rings is 4. The molecule has 0 saturated heterocycles. The van der Waals surface area contributed by atoms with Crippen LogP contribution in [0.3, 0.4) is 0 Å². The first-order chi connectivity index (χ1) is 19.7. The van der Waals surface area contributed by atoms with Crippen LogP contribution in [0.1, 0.15) is 26.2 Å². The standard InChI is InChI=1S/C31H32O8S2/c1-2-37-25-8-16-29(17-9-25)41(35,36)31-20-12-27(13-21-31)39-23-5-3-4-22-38-26-10-18-30(19-11-26)40(33,34)28-14-6-24(32)7-15-28/h6-21,32H,2-5,22-23H2,1H3. The van der Waals surface area contributed by atoms with Crippen LogP contribution in [0.2, 0.25) is 0 Å². The van der Waals surface area contributed by atoms with Gasteiger partial charge in [0.05, 0.1) is 39.4 Å². The summed E-state index contributed by atoms with van der Waals surface area (Å²) in [6.07, 6.45) is 2.44. The van der Waals surface area contributed by atoms with E-state index in [0.717, 1.165) is 19.3 Å². The summed E-state index contributed by atoms with van der Waals surface area (Å²) in [5.74, 6) is 1.79. The number of aromatic hydroxyl groups is 1. The van der Waals surface area contributed by atoms with E-state index >= 15 is 0 Å². The largest absolute Gasteiger partial charge is 0.508 e. The first-order valence-corrected chi connectivity index (χ1v) is 16.1. The number of phenols is 1. The highest BCUT2D eigenvalue weighted by molar-refractivity contribution is 7.91. The molecule has 0 aliphatic carbocycles. The van der Waals surface area contributed by atoms with E-state index in [9.17, 15) is 21.9 Å². The van der Waals surface area contributed by atoms with Crippen LogP contribution in [0.25, 0.3) is 0 Å². The van der Waals surface area contributed by atoms with Gasteiger partial charge in [-0.15, -0.1) is 0 Å². The van der Waals surface area contributed by atoms with Crippen LogP contribution < -0.4 is 14.2 Å². The van der Waals surface area contributed by atoms with Crippen molar-refractivity contribution in [2.24, 2.45) is 0 Å². The van der Waals surface area contributed by atoms with Crippen LogP contribution in [0.5, 0.6) is 23.0 Å². The van der Waals surface area contributed by atoms with E-state index < -0.39 is 19.7 Å². The Balaban J connectivity index is 1.17. The molecule has 4 rings (SSSR count). The van der Waals surface area contributed by atoms with Gasteiger partial charge in [-0.1, -0.05) is 0 Å². The first kappa shape index (κ1) is 30.0. The van der Waals surface area contributed by atoms with Gasteiger partial charge < -0.3 is 19.3 Å². The van der Waals surface area contributed by atoms with E-state index in [2.05, 4.69) is 0 Å². The molecule has 0 atom stereocenters. The summed E-state index contributed by atoms with van der Waals surface area (Å²) >= 11 is 0. The lowest BCUT2D eigenvalue weighted by atomic mass is 10.2. The Hall–Kier alpha value is -4.02. The number of hydrogen-bond donors (Lipinski definition) is 1. The van der Waals surface area contributed by atoms with Gasteiger partial charge in [-0.3, -0.25) is 0 Å². The minimum atomic E-state index is -3.67. The lowest BCUT2D eigenvalue weighted by molar-refractivity contribution is 0.279. The van der Waals surface area contributed by atoms with Gasteiger partial charge in [0.1, 0.15) is 23.0 Å². The van der Waals surface area contributed by atoms with Crippen LogP contribution in [0.15, 0.2) is 117 Å². The normalized spacial score (nSPS) is 11.6. The molecular formula is C31H32O8S2. The van der Waals surface area contributed by atoms with Gasteiger partial charge in [0.25, 0.3) is 0 Å². The number of sulfone groups is 2. The molecule has 0 aliphatic rings. The molecule has 0 aromatic heterocycles. The molecule has 41 heavy (non-hydrogen) atoms. The Morgan fingerprint density at radius 2 is 0.805 bits per heavy atom. The Labute approximate surface area is 241 Å². The molecule has 1 N–H and O–H groups in total. The molecule has 0 bridgehead atoms. The lowest BCUT2D eigenvalue weighted by Crippen LogP contribution is -2.04. The molecule has 10 heteroatoms. The van der Waals surface area contributed by atoms with Crippen LogP contribution in [0, 0.1) is 0 Å². The summed E-state index contributed by atoms with van der Waals surface area (Å²) < 4.78 is 68.0. The van der Waals surface area contributed by atoms with E-state index in [1.807, 2.05) is 6.92 Å². The number of unbranched alkanes of at least 4 members (excludes halogenated alkanes) is 2. The fraction of sp³-hybridized carbons (Fsp3) is 0.226. The van der Waals surface area contributed by atoms with Crippen molar-refractivity contribution in [2.75, 3.05) is 19.8 Å². The SMILES string of the molecule is CCOc1ccc(S(=O)(=O)c2ccc(OCCCCCOc3ccc(S(=O)(=O)c4ccc(O)cc4)cc3)cc2)cc1. The smallest absolute Gasteiger partial charge is 0.206 e. The Kier molecular flexibility index (Phi) is 9.91. The molecule has 8 nitrogen and oxygen atoms in total. The summed E-state index contributed by atoms with van der Waals surface area (Å²) in [6.45, 7) is 3.33. The molecule has 0 amide bonds. The monoisotopic (exact) mass is 596 g/mol. The molecule has 0 heterocycles. The van der Waals surface area contributed by atoms with E-state index in [0.29, 0.717) is 37.1 Å². The van der Waals surface area contributed by atoms with Gasteiger partial charge in [-0.25, -0.2) is 16.8 Å². The number of ether oxygens (including phenoxy) is 3. The van der Waals surface area contributed by atoms with E-state index in [1.165, 1.54) is 60.7 Å². The zero-order valence-corrected chi connectivity index (χ0v) is 24.2. The van der Waals surface area contributed by atoms with Gasteiger partial charge in [0.15, 0.2) is 0 Å². The third kappa shape index (κ3) is 7.80. The number of phenolic OH excluding ortho intramolecular Hbond substituents is 1. The van der Waals surface area contributed by atoms with Crippen LogP contribution >= 0.6 is 0 Å². The third-order valence-corrected chi connectivity index (χ3v) is 9.76. The Morgan fingerprint density at radius 3 is 1.15 bits per heavy atom. The van der Waals surface area contributed by atoms with Crippen LogP contribution in [0.4, 0.5) is 0 Å². The van der Waals surface area contributed by atoms with E-state index in [-0.39, 0.29) is 25.3 Å². The molecule has 0 spiro atoms. The van der Waals surface area contributed by atoms with Gasteiger partial charge >= 0.3 is 0 Å². The molecule has 0 unspecified atom stereocenters. The summed E-state index contributed by atoms with van der Waals surface area (Å²) in [6, 6.07) is 24.4. The van der Waals surface area contributed by atoms with Crippen LogP contribution in [-0.4, -0.2) is 41.8 Å². The fourth-order valence-electron chi connectivity index (χ4n) is 3.97. The summed E-state index contributed by atoms with van der Waals surface area (Å²) in [7, 11) is -7.30. The van der Waals surface area contributed by atoms with Crippen molar-refractivity contribution in [2.45, 2.75) is 45.8 Å². The van der Waals surface area contributed by atoms with Crippen molar-refractivity contribution in [3.63, 3.8) is 0 Å². The molecule has 0 fully saturated rings. The summed E-state index contributed by atoms with van der Waals surface area (Å²) in [5.41, 5.74) is 0. The average molecular weight is 597 g/mol. The van der Waals surface area contributed by atoms with Crippen molar-refractivity contribution in [1.82, 2.24) is 0 Å². The highest BCUT2D eigenvalue weighted by atomic mass is 32.2. The van der Waals surface area contributed by atoms with Crippen molar-refractivity contribution in [3.8, 4) is 23.0 Å². The number of hydrogen-bond acceptors (Lipinski definition) is 8. The van der Waals surface area contributed by atoms with E-state index in [1.54, 1.807) is 36.4 Å². The van der Waals surface area contributed by atoms with E-state index in [4.69, 9.17) is 14.2 Å². The predicted molar refractivity (Wildman–Crippen MR) is 154 cm³/mol. The molecule has 0 aliphatic heterocycles. The second kappa shape index (κ2) is 13.6. The van der Waals surface area contributed by atoms with Gasteiger partial charge in [-0.05, 0) is 123 Å². The highest BCUT2D eigenvalue weighted by Gasteiger charge is 2.18. The minimum Gasteiger partial charge on any atom is -0.508 e. The summed E-state index contributed by atoms with van der Waals surface area (Å²) in [4.78, 5) is 0.648. The summed E-state index contributed by atoms with van der Waals surface area (Å²) in [5, 5.41) is 9.38. The Bertz CT molecular complexity index is 1610. The topological polar surface area (TPSA) is 116 Å². The van der Waals surface area contributed by atoms with Crippen molar-refractivity contribution >= 4 is 19.7 Å². The minimum absolute atomic E-state index is 0.00232. The lowest BCUT2D eigenvalue weighted by Gasteiger charge is -2.10. The molecule has 0 radical (unpaired) electrons. The zero-order chi connectivity index (χ0) is 29.3. The highest BCUT2D eigenvalue weighted by Crippen LogP contribution is 2.26. The average Bonchev–Trinajstić information content (AvgIpc) is 2.98. The molecule has 4 aromatic rings. The van der Waals surface area contributed by atoms with Gasteiger partial charge in [-0.2, -0.15) is 0 Å². The maximum Gasteiger partial charge on any atom is 0.206 e. The van der Waals surface area contributed by atoms with Crippen molar-refractivity contribution in [3.05, 3.63) is 97.1 Å². The van der Waals surface area contributed by atoms with Gasteiger partial charge in [0.2, 0.25) is 19.7 Å². The van der Waals surface area contributed by atoms with Crippen molar-refractivity contribution < 1.29 is 36.2 Å². The number of rotatable bonds is 14. The molecule has 4 aromatic carbocycles. The van der Waals surface area contributed by atoms with Crippen molar-refractivity contribution in [1.29, 1.82) is 0 Å². The Morgan fingerprint density at radius 1 is 0.488 bits per heavy atom. The molecular weight excluding hydrogens is 564 g/mol. The van der Waals surface area contributed by atoms with Gasteiger partial charge in [0, 0.05) is 0 Å². The predicted octanol–water partition coefficient (Wildman–Crippen LogP) is 6.08. The fourth-order valence-corrected chi connectivity index (χ4v) is 6.49. The third-order valence-electron chi connectivity index (χ3n) is 6.19. The molecule has 0 saturated carbocycles. The molecule has 216 valence electrons. The maximum absolute atomic E-state index is 12.9. The van der Waals surface area contributed by atoms with Crippen LogP contribution in [-0.2, 0) is 19.7 Å². The maximum atomic E-state index is 12.9.